The molecule has 1 aliphatic rings. The number of nitrogens with one attached hydrogen (secondary N) is 1. The average molecular weight is 388 g/mol. The van der Waals surface area contributed by atoms with Crippen LogP contribution in [0.3, 0.4) is 0 Å². The molecule has 28 heavy (non-hydrogen) atoms. The van der Waals surface area contributed by atoms with Crippen LogP contribution in [0.1, 0.15) is 40.3 Å². The van der Waals surface area contributed by atoms with Crippen molar-refractivity contribution in [2.24, 2.45) is 0 Å². The number of rotatable bonds is 2. The number of aryl methyl sites for hydroxylation is 3. The highest BCUT2D eigenvalue weighted by molar-refractivity contribution is 7.20. The molecule has 0 bridgehead atoms. The molecule has 1 amide bonds. The number of nitrogens with zero attached hydrogens (tertiary/aromatic N) is 3. The maximum atomic E-state index is 12.5. The molecule has 6 heteroatoms. The zero-order chi connectivity index (χ0) is 19.4. The van der Waals surface area contributed by atoms with Crippen LogP contribution in [0.25, 0.3) is 15.3 Å². The van der Waals surface area contributed by atoms with Gasteiger partial charge in [0.2, 0.25) is 11.0 Å². The van der Waals surface area contributed by atoms with Gasteiger partial charge in [-0.25, -0.2) is 4.98 Å². The zero-order valence-corrected chi connectivity index (χ0v) is 16.8. The number of aromatic nitrogens is 3. The molecule has 0 fully saturated rings. The van der Waals surface area contributed by atoms with E-state index in [0.717, 1.165) is 38.0 Å². The Balaban J connectivity index is 1.68. The fourth-order valence-electron chi connectivity index (χ4n) is 3.97. The summed E-state index contributed by atoms with van der Waals surface area (Å²) in [5.74, 6) is 0.766. The molecule has 3 heterocycles. The number of carbonyl (C=O) groups excluding carboxylic acids is 1. The Labute approximate surface area is 167 Å². The molecule has 2 aromatic carbocycles. The normalized spacial score (nSPS) is 16.2. The SMILES string of the molecule is Cc1cccc([C@@H]2CC(=O)Nc3c2c(C)nn3-c2nc3ccc(C)cc3s2)c1. The third-order valence-electron chi connectivity index (χ3n) is 5.26. The van der Waals surface area contributed by atoms with Crippen LogP contribution in [-0.4, -0.2) is 20.7 Å². The molecule has 140 valence electrons. The summed E-state index contributed by atoms with van der Waals surface area (Å²) < 4.78 is 2.92. The van der Waals surface area contributed by atoms with Crippen LogP contribution in [0, 0.1) is 20.8 Å². The van der Waals surface area contributed by atoms with Crippen LogP contribution in [0.4, 0.5) is 5.82 Å². The monoisotopic (exact) mass is 388 g/mol. The Morgan fingerprint density at radius 3 is 2.75 bits per heavy atom. The lowest BCUT2D eigenvalue weighted by Gasteiger charge is -2.24. The predicted octanol–water partition coefficient (Wildman–Crippen LogP) is 4.88. The number of hydrogen-bond acceptors (Lipinski definition) is 4. The third kappa shape index (κ3) is 2.72. The molecule has 0 saturated heterocycles. The maximum absolute atomic E-state index is 12.5. The van der Waals surface area contributed by atoms with Gasteiger partial charge in [0.1, 0.15) is 5.82 Å². The van der Waals surface area contributed by atoms with Gasteiger partial charge in [-0.05, 0) is 44.0 Å². The summed E-state index contributed by atoms with van der Waals surface area (Å²) in [4.78, 5) is 17.3. The Hall–Kier alpha value is -2.99. The van der Waals surface area contributed by atoms with Crippen LogP contribution >= 0.6 is 11.3 Å². The predicted molar refractivity (Wildman–Crippen MR) is 112 cm³/mol. The lowest BCUT2D eigenvalue weighted by Crippen LogP contribution is -2.25. The van der Waals surface area contributed by atoms with E-state index in [1.54, 1.807) is 16.0 Å². The van der Waals surface area contributed by atoms with E-state index in [4.69, 9.17) is 10.1 Å². The van der Waals surface area contributed by atoms with Gasteiger partial charge in [0, 0.05) is 17.9 Å². The molecular weight excluding hydrogens is 368 g/mol. The van der Waals surface area contributed by atoms with Gasteiger partial charge in [-0.15, -0.1) is 0 Å². The van der Waals surface area contributed by atoms with E-state index in [1.165, 1.54) is 11.1 Å². The van der Waals surface area contributed by atoms with Crippen molar-refractivity contribution in [2.45, 2.75) is 33.1 Å². The maximum Gasteiger partial charge on any atom is 0.226 e. The van der Waals surface area contributed by atoms with E-state index in [1.807, 2.05) is 19.1 Å². The van der Waals surface area contributed by atoms with E-state index < -0.39 is 0 Å². The summed E-state index contributed by atoms with van der Waals surface area (Å²) in [5.41, 5.74) is 6.51. The van der Waals surface area contributed by atoms with Crippen molar-refractivity contribution >= 4 is 33.3 Å². The minimum absolute atomic E-state index is 0.00835. The highest BCUT2D eigenvalue weighted by Gasteiger charge is 2.33. The Morgan fingerprint density at radius 1 is 1.11 bits per heavy atom. The Morgan fingerprint density at radius 2 is 1.93 bits per heavy atom. The van der Waals surface area contributed by atoms with Gasteiger partial charge in [-0.3, -0.25) is 4.79 Å². The number of hydrogen-bond donors (Lipinski definition) is 1. The molecule has 1 N–H and O–H groups in total. The highest BCUT2D eigenvalue weighted by atomic mass is 32.1. The van der Waals surface area contributed by atoms with Crippen molar-refractivity contribution in [1.82, 2.24) is 14.8 Å². The van der Waals surface area contributed by atoms with Crippen molar-refractivity contribution in [1.29, 1.82) is 0 Å². The van der Waals surface area contributed by atoms with Gasteiger partial charge in [-0.2, -0.15) is 9.78 Å². The molecule has 5 nitrogen and oxygen atoms in total. The van der Waals surface area contributed by atoms with Crippen molar-refractivity contribution < 1.29 is 4.79 Å². The standard InChI is InChI=1S/C22H20N4OS/c1-12-5-4-6-15(9-12)16-11-19(27)24-21-20(16)14(3)25-26(21)22-23-17-8-7-13(2)10-18(17)28-22/h4-10,16H,11H2,1-3H3,(H,24,27)/t16-/m0/s1. The van der Waals surface area contributed by atoms with Gasteiger partial charge < -0.3 is 5.32 Å². The fraction of sp³-hybridized carbons (Fsp3) is 0.227. The van der Waals surface area contributed by atoms with Crippen LogP contribution in [0.15, 0.2) is 42.5 Å². The van der Waals surface area contributed by atoms with E-state index >= 15 is 0 Å². The number of carbonyl (C=O) groups is 1. The molecule has 0 radical (unpaired) electrons. The molecule has 5 rings (SSSR count). The number of thiazole rings is 1. The highest BCUT2D eigenvalue weighted by Crippen LogP contribution is 2.41. The zero-order valence-electron chi connectivity index (χ0n) is 16.0. The van der Waals surface area contributed by atoms with Crippen LogP contribution in [0.2, 0.25) is 0 Å². The number of anilines is 1. The van der Waals surface area contributed by atoms with Crippen LogP contribution in [-0.2, 0) is 4.79 Å². The molecule has 0 saturated carbocycles. The fourth-order valence-corrected chi connectivity index (χ4v) is 4.99. The summed E-state index contributed by atoms with van der Waals surface area (Å²) in [6, 6.07) is 14.6. The van der Waals surface area contributed by atoms with E-state index in [0.29, 0.717) is 6.42 Å². The second-order valence-electron chi connectivity index (χ2n) is 7.45. The Bertz CT molecular complexity index is 1240. The Kier molecular flexibility index (Phi) is 3.84. The molecule has 4 aromatic rings. The van der Waals surface area contributed by atoms with Gasteiger partial charge in [0.05, 0.1) is 15.9 Å². The summed E-state index contributed by atoms with van der Waals surface area (Å²) >= 11 is 1.59. The third-order valence-corrected chi connectivity index (χ3v) is 6.25. The van der Waals surface area contributed by atoms with Crippen LogP contribution < -0.4 is 5.32 Å². The number of amides is 1. The van der Waals surface area contributed by atoms with Crippen molar-refractivity contribution in [3.63, 3.8) is 0 Å². The minimum atomic E-state index is 0.00835. The first-order valence-corrected chi connectivity index (χ1v) is 10.1. The topological polar surface area (TPSA) is 59.8 Å². The lowest BCUT2D eigenvalue weighted by molar-refractivity contribution is -0.116. The largest absolute Gasteiger partial charge is 0.310 e. The summed E-state index contributed by atoms with van der Waals surface area (Å²) in [6.07, 6.45) is 0.433. The first kappa shape index (κ1) is 17.1. The minimum Gasteiger partial charge on any atom is -0.310 e. The summed E-state index contributed by atoms with van der Waals surface area (Å²) in [5, 5.41) is 8.58. The quantitative estimate of drug-likeness (QED) is 0.532. The van der Waals surface area contributed by atoms with Crippen molar-refractivity contribution in [2.75, 3.05) is 5.32 Å². The van der Waals surface area contributed by atoms with E-state index in [-0.39, 0.29) is 11.8 Å². The number of benzene rings is 2. The van der Waals surface area contributed by atoms with Gasteiger partial charge in [0.25, 0.3) is 0 Å². The van der Waals surface area contributed by atoms with Crippen LogP contribution in [0.5, 0.6) is 0 Å². The second kappa shape index (κ2) is 6.27. The van der Waals surface area contributed by atoms with Gasteiger partial charge in [-0.1, -0.05) is 47.2 Å². The lowest BCUT2D eigenvalue weighted by atomic mass is 9.85. The molecule has 0 aliphatic carbocycles. The summed E-state index contributed by atoms with van der Waals surface area (Å²) in [6.45, 7) is 6.16. The smallest absolute Gasteiger partial charge is 0.226 e. The molecule has 0 spiro atoms. The second-order valence-corrected chi connectivity index (χ2v) is 8.46. The number of fused-ring (bicyclic) bond motifs is 2. The van der Waals surface area contributed by atoms with Crippen molar-refractivity contribution in [3.8, 4) is 5.13 Å². The van der Waals surface area contributed by atoms with E-state index in [2.05, 4.69) is 49.5 Å². The van der Waals surface area contributed by atoms with Crippen molar-refractivity contribution in [3.05, 3.63) is 70.4 Å². The molecule has 1 aliphatic heterocycles. The first-order valence-electron chi connectivity index (χ1n) is 9.33. The first-order chi connectivity index (χ1) is 13.5. The molecule has 2 aromatic heterocycles. The summed E-state index contributed by atoms with van der Waals surface area (Å²) in [7, 11) is 0. The molecular formula is C22H20N4OS. The average Bonchev–Trinajstić information content (AvgIpc) is 3.21. The molecule has 0 unspecified atom stereocenters. The van der Waals surface area contributed by atoms with E-state index in [9.17, 15) is 4.79 Å². The molecule has 1 atom stereocenters. The van der Waals surface area contributed by atoms with Gasteiger partial charge >= 0.3 is 0 Å². The van der Waals surface area contributed by atoms with Gasteiger partial charge in [0.15, 0.2) is 0 Å².